The van der Waals surface area contributed by atoms with Crippen LogP contribution in [-0.4, -0.2) is 6.88 Å². The summed E-state index contributed by atoms with van der Waals surface area (Å²) < 4.78 is 0. The number of rotatable bonds is 2. The molecule has 0 bridgehead atoms. The molecule has 4 heteroatoms. The molecule has 0 fully saturated rings. The number of benzene rings is 4. The van der Waals surface area contributed by atoms with Crippen LogP contribution in [0.15, 0.2) is 97.1 Å². The van der Waals surface area contributed by atoms with Crippen molar-refractivity contribution in [3.63, 3.8) is 0 Å². The maximum absolute atomic E-state index is 3.06. The standard InChI is InChI=1S/2C16H15.2CH3.2ClH.Si.Zr/c2*1-11(2)14-9-13-8-7-12-5-3-4-6-15(12)16(13)10-14;;;;;;/h2*3-11H,1-2H3;2*1H3;2*1H;;/q4*-1;;;;. The van der Waals surface area contributed by atoms with Crippen LogP contribution >= 0.6 is 24.8 Å². The summed E-state index contributed by atoms with van der Waals surface area (Å²) in [5.41, 5.74) is 2.87. The molecule has 0 aliphatic rings. The Morgan fingerprint density at radius 3 is 1.18 bits per heavy atom. The van der Waals surface area contributed by atoms with Crippen molar-refractivity contribution in [1.82, 2.24) is 0 Å². The third-order valence-electron chi connectivity index (χ3n) is 6.61. The molecule has 0 heterocycles. The number of hydrogen-bond donors (Lipinski definition) is 0. The Morgan fingerprint density at radius 1 is 0.526 bits per heavy atom. The number of hydrogen-bond acceptors (Lipinski definition) is 0. The van der Waals surface area contributed by atoms with E-state index in [4.69, 9.17) is 0 Å². The first-order valence-electron chi connectivity index (χ1n) is 11.9. The Kier molecular flexibility index (Phi) is 15.7. The molecular weight excluding hydrogens is 599 g/mol. The maximum atomic E-state index is 3.06. The summed E-state index contributed by atoms with van der Waals surface area (Å²) in [6.07, 6.45) is 0. The molecule has 0 nitrogen and oxygen atoms in total. The SMILES string of the molecule is CC(C)c1cc2ccc3ccccc3c2[cH-]1.CC(C)c1cc2ccc3ccccc3c2[cH-]1.Cl.Cl.[CH3-].[CH3-].[Si]=[Zr]. The molecular formula is C34H38Cl2SiZr-4. The summed E-state index contributed by atoms with van der Waals surface area (Å²) in [6.45, 7) is 12.0. The van der Waals surface area contributed by atoms with Gasteiger partial charge in [0.25, 0.3) is 0 Å². The van der Waals surface area contributed by atoms with Crippen molar-refractivity contribution < 1.29 is 23.3 Å². The zero-order chi connectivity index (χ0) is 24.2. The van der Waals surface area contributed by atoms with E-state index in [9.17, 15) is 0 Å². The van der Waals surface area contributed by atoms with Gasteiger partial charge in [-0.15, -0.1) is 81.8 Å². The third-order valence-corrected chi connectivity index (χ3v) is 6.61. The fraction of sp³-hybridized carbons (Fsp3) is 0.176. The van der Waals surface area contributed by atoms with Gasteiger partial charge in [0.1, 0.15) is 0 Å². The molecule has 200 valence electrons. The Hall–Kier alpha value is -1.70. The number of halogens is 2. The van der Waals surface area contributed by atoms with Crippen molar-refractivity contribution in [2.75, 3.05) is 0 Å². The summed E-state index contributed by atoms with van der Waals surface area (Å²) >= 11 is 1.36. The van der Waals surface area contributed by atoms with Gasteiger partial charge in [-0.05, 0) is 11.8 Å². The molecule has 0 unspecified atom stereocenters. The van der Waals surface area contributed by atoms with Gasteiger partial charge in [0.2, 0.25) is 0 Å². The molecule has 6 rings (SSSR count). The van der Waals surface area contributed by atoms with Gasteiger partial charge in [-0.1, -0.05) is 110 Å². The van der Waals surface area contributed by atoms with Crippen molar-refractivity contribution in [3.05, 3.63) is 123 Å². The van der Waals surface area contributed by atoms with E-state index in [0.29, 0.717) is 11.8 Å². The van der Waals surface area contributed by atoms with Crippen molar-refractivity contribution in [3.8, 4) is 0 Å². The van der Waals surface area contributed by atoms with E-state index < -0.39 is 0 Å². The molecule has 2 radical (unpaired) electrons. The average Bonchev–Trinajstić information content (AvgIpc) is 3.51. The normalized spacial score (nSPS) is 9.92. The van der Waals surface area contributed by atoms with E-state index in [1.165, 1.54) is 77.6 Å². The molecule has 6 aromatic rings. The zero-order valence-corrected chi connectivity index (χ0v) is 28.3. The number of fused-ring (bicyclic) bond motifs is 6. The van der Waals surface area contributed by atoms with Crippen LogP contribution in [0.25, 0.3) is 43.1 Å². The first-order chi connectivity index (χ1) is 16.5. The average molecular weight is 637 g/mol. The second kappa shape index (κ2) is 16.4. The van der Waals surface area contributed by atoms with E-state index in [1.807, 2.05) is 0 Å². The third kappa shape index (κ3) is 7.70. The van der Waals surface area contributed by atoms with Gasteiger partial charge in [-0.25, -0.2) is 0 Å². The van der Waals surface area contributed by atoms with Gasteiger partial charge in [0.05, 0.1) is 0 Å². The van der Waals surface area contributed by atoms with Crippen molar-refractivity contribution in [1.29, 1.82) is 0 Å². The predicted molar refractivity (Wildman–Crippen MR) is 175 cm³/mol. The molecule has 0 saturated heterocycles. The van der Waals surface area contributed by atoms with Crippen molar-refractivity contribution >= 4 is 74.8 Å². The predicted octanol–water partition coefficient (Wildman–Crippen LogP) is 11.0. The molecule has 0 spiro atoms. The van der Waals surface area contributed by atoms with Crippen LogP contribution < -0.4 is 0 Å². The van der Waals surface area contributed by atoms with E-state index in [2.05, 4.69) is 132 Å². The van der Waals surface area contributed by atoms with Gasteiger partial charge < -0.3 is 14.9 Å². The molecule has 0 N–H and O–H groups in total. The minimum atomic E-state index is 0. The summed E-state index contributed by atoms with van der Waals surface area (Å²) in [4.78, 5) is 0. The Morgan fingerprint density at radius 2 is 0.842 bits per heavy atom. The first-order valence-corrected chi connectivity index (χ1v) is 16.1. The Balaban J connectivity index is 0.000000616. The van der Waals surface area contributed by atoms with Crippen LogP contribution in [0, 0.1) is 14.9 Å². The van der Waals surface area contributed by atoms with Gasteiger partial charge in [-0.3, -0.25) is 0 Å². The fourth-order valence-corrected chi connectivity index (χ4v) is 4.64. The fourth-order valence-electron chi connectivity index (χ4n) is 4.64. The Labute approximate surface area is 259 Å². The first kappa shape index (κ1) is 36.3. The molecule has 38 heavy (non-hydrogen) atoms. The van der Waals surface area contributed by atoms with Crippen LogP contribution in [0.5, 0.6) is 0 Å². The molecule has 0 amide bonds. The van der Waals surface area contributed by atoms with Gasteiger partial charge in [0, 0.05) is 0 Å². The quantitative estimate of drug-likeness (QED) is 0.131. The van der Waals surface area contributed by atoms with Gasteiger partial charge >= 0.3 is 30.2 Å². The summed E-state index contributed by atoms with van der Waals surface area (Å²) in [6, 6.07) is 35.4. The van der Waals surface area contributed by atoms with Crippen LogP contribution in [0.4, 0.5) is 0 Å². The van der Waals surface area contributed by atoms with Gasteiger partial charge in [0.15, 0.2) is 0 Å². The van der Waals surface area contributed by atoms with E-state index in [-0.39, 0.29) is 39.7 Å². The van der Waals surface area contributed by atoms with Crippen LogP contribution in [-0.2, 0) is 23.3 Å². The molecule has 0 atom stereocenters. The molecule has 6 aromatic carbocycles. The molecule has 0 aliphatic heterocycles. The van der Waals surface area contributed by atoms with E-state index in [0.717, 1.165) is 0 Å². The second-order valence-corrected chi connectivity index (χ2v) is 9.47. The minimum absolute atomic E-state index is 0. The molecule has 0 aromatic heterocycles. The summed E-state index contributed by atoms with van der Waals surface area (Å²) in [5.74, 6) is 1.21. The molecule has 0 aliphatic carbocycles. The van der Waals surface area contributed by atoms with Crippen LogP contribution in [0.3, 0.4) is 0 Å². The van der Waals surface area contributed by atoms with Gasteiger partial charge in [-0.2, -0.15) is 12.1 Å². The summed E-state index contributed by atoms with van der Waals surface area (Å²) in [7, 11) is 0. The summed E-state index contributed by atoms with van der Waals surface area (Å²) in [5, 5.41) is 10.9. The topological polar surface area (TPSA) is 0 Å². The van der Waals surface area contributed by atoms with E-state index >= 15 is 0 Å². The van der Waals surface area contributed by atoms with Crippen LogP contribution in [0.2, 0.25) is 0 Å². The monoisotopic (exact) mass is 634 g/mol. The second-order valence-electron chi connectivity index (χ2n) is 9.47. The van der Waals surface area contributed by atoms with E-state index in [1.54, 1.807) is 0 Å². The Bertz CT molecular complexity index is 1440. The van der Waals surface area contributed by atoms with Crippen molar-refractivity contribution in [2.45, 2.75) is 39.5 Å². The van der Waals surface area contributed by atoms with Crippen LogP contribution in [0.1, 0.15) is 50.7 Å². The van der Waals surface area contributed by atoms with Crippen molar-refractivity contribution in [2.24, 2.45) is 0 Å². The zero-order valence-electron chi connectivity index (χ0n) is 23.2. The molecule has 0 saturated carbocycles.